The summed E-state index contributed by atoms with van der Waals surface area (Å²) >= 11 is 0. The molecule has 1 saturated heterocycles. The van der Waals surface area contributed by atoms with Crippen LogP contribution in [0.4, 0.5) is 0 Å². The van der Waals surface area contributed by atoms with Crippen LogP contribution < -0.4 is 17.0 Å². The summed E-state index contributed by atoms with van der Waals surface area (Å²) in [5.74, 6) is 0.0283. The maximum atomic E-state index is 12.3. The van der Waals surface area contributed by atoms with Crippen molar-refractivity contribution in [2.75, 3.05) is 13.1 Å². The molecule has 2 amide bonds. The Bertz CT molecular complexity index is 441. The zero-order chi connectivity index (χ0) is 11.2. The van der Waals surface area contributed by atoms with Gasteiger partial charge < -0.3 is 17.0 Å². The van der Waals surface area contributed by atoms with Gasteiger partial charge in [0.2, 0.25) is 0 Å². The number of benzene rings is 1. The molecular weight excluding hydrogens is 282 g/mol. The summed E-state index contributed by atoms with van der Waals surface area (Å²) < 4.78 is 0.0549. The Balaban J connectivity index is 0.00000108. The van der Waals surface area contributed by atoms with Crippen LogP contribution in [0.3, 0.4) is 0 Å². The smallest absolute Gasteiger partial charge is 0.354 e. The van der Waals surface area contributed by atoms with Gasteiger partial charge in [0.1, 0.15) is 0 Å². The van der Waals surface area contributed by atoms with Crippen molar-refractivity contribution in [2.45, 2.75) is 19.3 Å². The highest BCUT2D eigenvalue weighted by atomic mass is 79.9. The van der Waals surface area contributed by atoms with E-state index in [2.05, 4.69) is 0 Å². The van der Waals surface area contributed by atoms with Gasteiger partial charge in [-0.15, -0.1) is 0 Å². The Morgan fingerprint density at radius 1 is 0.824 bits per heavy atom. The number of carbonyl (C=O) groups is 2. The first-order chi connectivity index (χ1) is 7.76. The molecule has 2 aliphatic rings. The third-order valence-corrected chi connectivity index (χ3v) is 3.75. The molecule has 1 aromatic carbocycles. The first-order valence-electron chi connectivity index (χ1n) is 5.82. The molecule has 17 heavy (non-hydrogen) atoms. The average molecular weight is 296 g/mol. The fourth-order valence-electron chi connectivity index (χ4n) is 2.87. The zero-order valence-electron chi connectivity index (χ0n) is 9.49. The summed E-state index contributed by atoms with van der Waals surface area (Å²) in [6, 6.07) is 7.21. The van der Waals surface area contributed by atoms with Crippen molar-refractivity contribution >= 4 is 11.8 Å². The van der Waals surface area contributed by atoms with E-state index in [-0.39, 0.29) is 33.3 Å². The van der Waals surface area contributed by atoms with E-state index in [0.29, 0.717) is 24.2 Å². The van der Waals surface area contributed by atoms with Crippen LogP contribution in [0, 0.1) is 0 Å². The summed E-state index contributed by atoms with van der Waals surface area (Å²) in [6.07, 6.45) is 3.09. The molecule has 0 bridgehead atoms. The number of hydrogen-bond donors (Lipinski definition) is 0. The van der Waals surface area contributed by atoms with E-state index in [9.17, 15) is 9.59 Å². The molecule has 0 radical (unpaired) electrons. The van der Waals surface area contributed by atoms with E-state index in [1.807, 2.05) is 12.1 Å². The summed E-state index contributed by atoms with van der Waals surface area (Å²) in [5, 5.41) is 0. The second kappa shape index (κ2) is 4.35. The van der Waals surface area contributed by atoms with Gasteiger partial charge in [-0.1, -0.05) is 12.1 Å². The molecule has 3 rings (SSSR count). The van der Waals surface area contributed by atoms with Gasteiger partial charge >= 0.3 is 11.8 Å². The van der Waals surface area contributed by atoms with Crippen LogP contribution >= 0.6 is 0 Å². The van der Waals surface area contributed by atoms with Crippen LogP contribution in [0.25, 0.3) is 0 Å². The van der Waals surface area contributed by atoms with E-state index >= 15 is 0 Å². The Morgan fingerprint density at radius 3 is 1.76 bits per heavy atom. The topological polar surface area (TPSA) is 34.1 Å². The monoisotopic (exact) mass is 295 g/mol. The van der Waals surface area contributed by atoms with Crippen LogP contribution in [0.2, 0.25) is 0 Å². The predicted molar refractivity (Wildman–Crippen MR) is 58.9 cm³/mol. The van der Waals surface area contributed by atoms with Crippen LogP contribution in [-0.2, 0) is 0 Å². The molecule has 0 unspecified atom stereocenters. The number of amides is 2. The SMILES string of the molecule is O=C1c2ccccc2C(=O)[N+]12CCCCC2.[Br-]. The number of carbonyl (C=O) groups excluding carboxylic acids is 2. The van der Waals surface area contributed by atoms with Gasteiger partial charge in [-0.05, 0) is 31.4 Å². The van der Waals surface area contributed by atoms with E-state index in [1.54, 1.807) is 12.1 Å². The van der Waals surface area contributed by atoms with Crippen molar-refractivity contribution in [2.24, 2.45) is 0 Å². The largest absolute Gasteiger partial charge is 1.00 e. The van der Waals surface area contributed by atoms with Crippen LogP contribution in [0.1, 0.15) is 40.0 Å². The second-order valence-electron chi connectivity index (χ2n) is 4.63. The third-order valence-electron chi connectivity index (χ3n) is 3.75. The number of rotatable bonds is 0. The Kier molecular flexibility index (Phi) is 3.19. The number of halogens is 1. The van der Waals surface area contributed by atoms with Gasteiger partial charge in [-0.3, -0.25) is 0 Å². The number of imide groups is 1. The Labute approximate surface area is 111 Å². The first kappa shape index (κ1) is 12.5. The lowest BCUT2D eigenvalue weighted by Crippen LogP contribution is -3.00. The number of hydrogen-bond acceptors (Lipinski definition) is 2. The van der Waals surface area contributed by atoms with E-state index < -0.39 is 0 Å². The van der Waals surface area contributed by atoms with Crippen LogP contribution in [0.5, 0.6) is 0 Å². The molecule has 2 aliphatic heterocycles. The molecule has 4 heteroatoms. The maximum Gasteiger partial charge on any atom is 0.354 e. The Hall–Kier alpha value is -1.00. The van der Waals surface area contributed by atoms with Gasteiger partial charge in [0.25, 0.3) is 0 Å². The summed E-state index contributed by atoms with van der Waals surface area (Å²) in [4.78, 5) is 24.7. The third kappa shape index (κ3) is 1.58. The fourth-order valence-corrected chi connectivity index (χ4v) is 2.87. The zero-order valence-corrected chi connectivity index (χ0v) is 11.1. The highest BCUT2D eigenvalue weighted by Crippen LogP contribution is 2.33. The summed E-state index contributed by atoms with van der Waals surface area (Å²) in [5.41, 5.74) is 1.24. The molecule has 2 heterocycles. The maximum absolute atomic E-state index is 12.3. The fraction of sp³-hybridized carbons (Fsp3) is 0.385. The van der Waals surface area contributed by atoms with Crippen molar-refractivity contribution in [3.8, 4) is 0 Å². The van der Waals surface area contributed by atoms with Gasteiger partial charge in [0, 0.05) is 0 Å². The van der Waals surface area contributed by atoms with Gasteiger partial charge in [-0.25, -0.2) is 9.59 Å². The molecule has 0 atom stereocenters. The lowest BCUT2D eigenvalue weighted by atomic mass is 10.1. The molecule has 90 valence electrons. The number of quaternary nitrogens is 1. The van der Waals surface area contributed by atoms with E-state index in [4.69, 9.17) is 0 Å². The molecule has 0 aromatic heterocycles. The molecule has 1 aromatic rings. The van der Waals surface area contributed by atoms with Crippen molar-refractivity contribution in [3.63, 3.8) is 0 Å². The van der Waals surface area contributed by atoms with E-state index in [0.717, 1.165) is 19.3 Å². The van der Waals surface area contributed by atoms with Crippen LogP contribution in [-0.4, -0.2) is 29.4 Å². The summed E-state index contributed by atoms with van der Waals surface area (Å²) in [7, 11) is 0. The molecular formula is C13H14BrNO2. The van der Waals surface area contributed by atoms with Gasteiger partial charge in [0.15, 0.2) is 0 Å². The second-order valence-corrected chi connectivity index (χ2v) is 4.63. The average Bonchev–Trinajstić information content (AvgIpc) is 2.55. The number of piperidine rings is 1. The minimum absolute atomic E-state index is 0. The normalized spacial score (nSPS) is 21.2. The highest BCUT2D eigenvalue weighted by Gasteiger charge is 2.53. The van der Waals surface area contributed by atoms with E-state index in [1.165, 1.54) is 0 Å². The highest BCUT2D eigenvalue weighted by molar-refractivity contribution is 6.13. The summed E-state index contributed by atoms with van der Waals surface area (Å²) in [6.45, 7) is 1.37. The molecule has 1 fully saturated rings. The number of nitrogens with zero attached hydrogens (tertiary/aromatic N) is 1. The Morgan fingerprint density at radius 2 is 1.29 bits per heavy atom. The quantitative estimate of drug-likeness (QED) is 0.454. The van der Waals surface area contributed by atoms with Crippen LogP contribution in [0.15, 0.2) is 24.3 Å². The minimum Gasteiger partial charge on any atom is -1.00 e. The molecule has 3 nitrogen and oxygen atoms in total. The van der Waals surface area contributed by atoms with Crippen molar-refractivity contribution in [1.29, 1.82) is 0 Å². The molecule has 0 saturated carbocycles. The van der Waals surface area contributed by atoms with Gasteiger partial charge in [0.05, 0.1) is 24.2 Å². The first-order valence-corrected chi connectivity index (χ1v) is 5.82. The predicted octanol–water partition coefficient (Wildman–Crippen LogP) is -1.01. The van der Waals surface area contributed by atoms with Crippen molar-refractivity contribution in [1.82, 2.24) is 0 Å². The molecule has 0 aliphatic carbocycles. The molecule has 1 spiro atoms. The lowest BCUT2D eigenvalue weighted by molar-refractivity contribution is -0.769. The van der Waals surface area contributed by atoms with Crippen molar-refractivity contribution < 1.29 is 31.1 Å². The van der Waals surface area contributed by atoms with Crippen molar-refractivity contribution in [3.05, 3.63) is 35.4 Å². The van der Waals surface area contributed by atoms with Gasteiger partial charge in [-0.2, -0.15) is 4.48 Å². The molecule has 0 N–H and O–H groups in total. The standard InChI is InChI=1S/C13H14NO2.BrH/c15-12-10-6-2-3-7-11(10)13(16)14(12)8-4-1-5-9-14;/h2-3,6-7H,1,4-5,8-9H2;1H/q+1;/p-1. The lowest BCUT2D eigenvalue weighted by Gasteiger charge is -2.31. The number of fused-ring (bicyclic) bond motifs is 1. The minimum atomic E-state index is 0.